The van der Waals surface area contributed by atoms with Gasteiger partial charge >= 0.3 is 0 Å². The summed E-state index contributed by atoms with van der Waals surface area (Å²) in [5.41, 5.74) is 6.79. The summed E-state index contributed by atoms with van der Waals surface area (Å²) in [7, 11) is 0. The molecule has 2 aromatic carbocycles. The highest BCUT2D eigenvalue weighted by molar-refractivity contribution is 7.19. The number of hydrogen-bond acceptors (Lipinski definition) is 4. The Bertz CT molecular complexity index is 719. The van der Waals surface area contributed by atoms with Gasteiger partial charge in [-0.25, -0.2) is 0 Å². The molecule has 3 N–H and O–H groups in total. The van der Waals surface area contributed by atoms with Crippen molar-refractivity contribution in [1.82, 2.24) is 0 Å². The van der Waals surface area contributed by atoms with Crippen molar-refractivity contribution < 1.29 is 9.84 Å². The summed E-state index contributed by atoms with van der Waals surface area (Å²) in [5, 5.41) is 10.4. The normalized spacial score (nSPS) is 10.8. The SMILES string of the molecule is NCc1ccc2sc(COc3ccc(O)cc3)cc2c1. The molecular weight excluding hydrogens is 270 g/mol. The zero-order chi connectivity index (χ0) is 13.9. The third-order valence-electron chi connectivity index (χ3n) is 3.09. The Hall–Kier alpha value is -2.04. The van der Waals surface area contributed by atoms with Crippen molar-refractivity contribution in [2.24, 2.45) is 5.73 Å². The fourth-order valence-corrected chi connectivity index (χ4v) is 3.00. The van der Waals surface area contributed by atoms with Gasteiger partial charge in [-0.2, -0.15) is 0 Å². The van der Waals surface area contributed by atoms with Crippen molar-refractivity contribution in [3.05, 3.63) is 59.0 Å². The van der Waals surface area contributed by atoms with E-state index < -0.39 is 0 Å². The van der Waals surface area contributed by atoms with E-state index in [0.29, 0.717) is 13.2 Å². The Morgan fingerprint density at radius 1 is 1.05 bits per heavy atom. The molecular formula is C16H15NO2S. The van der Waals surface area contributed by atoms with Gasteiger partial charge in [0.1, 0.15) is 18.1 Å². The predicted octanol–water partition coefficient (Wildman–Crippen LogP) is 3.64. The molecule has 0 amide bonds. The first-order valence-corrected chi connectivity index (χ1v) is 7.19. The van der Waals surface area contributed by atoms with E-state index in [-0.39, 0.29) is 5.75 Å². The molecule has 0 saturated heterocycles. The molecule has 0 aliphatic carbocycles. The molecule has 0 saturated carbocycles. The molecule has 3 nitrogen and oxygen atoms in total. The molecule has 0 radical (unpaired) electrons. The molecule has 1 aromatic heterocycles. The van der Waals surface area contributed by atoms with Gasteiger partial charge in [0.2, 0.25) is 0 Å². The minimum absolute atomic E-state index is 0.244. The van der Waals surface area contributed by atoms with Gasteiger partial charge in [0.25, 0.3) is 0 Å². The number of phenolic OH excluding ortho intramolecular Hbond substituents is 1. The van der Waals surface area contributed by atoms with Gasteiger partial charge in [-0.15, -0.1) is 11.3 Å². The van der Waals surface area contributed by atoms with Gasteiger partial charge in [-0.05, 0) is 53.4 Å². The quantitative estimate of drug-likeness (QED) is 0.769. The number of phenols is 1. The lowest BCUT2D eigenvalue weighted by Crippen LogP contribution is -1.94. The summed E-state index contributed by atoms with van der Waals surface area (Å²) in [6.45, 7) is 1.09. The molecule has 0 aliphatic rings. The molecule has 20 heavy (non-hydrogen) atoms. The highest BCUT2D eigenvalue weighted by atomic mass is 32.1. The van der Waals surface area contributed by atoms with E-state index in [4.69, 9.17) is 10.5 Å². The van der Waals surface area contributed by atoms with Crippen molar-refractivity contribution in [2.75, 3.05) is 0 Å². The van der Waals surface area contributed by atoms with Crippen LogP contribution in [0.15, 0.2) is 48.5 Å². The average Bonchev–Trinajstić information content (AvgIpc) is 2.88. The van der Waals surface area contributed by atoms with Gasteiger partial charge in [0, 0.05) is 16.1 Å². The summed E-state index contributed by atoms with van der Waals surface area (Å²) in [5.74, 6) is 0.997. The second-order valence-corrected chi connectivity index (χ2v) is 5.74. The van der Waals surface area contributed by atoms with Gasteiger partial charge in [-0.1, -0.05) is 6.07 Å². The Morgan fingerprint density at radius 3 is 2.60 bits per heavy atom. The topological polar surface area (TPSA) is 55.5 Å². The zero-order valence-corrected chi connectivity index (χ0v) is 11.7. The van der Waals surface area contributed by atoms with Crippen LogP contribution in [0.4, 0.5) is 0 Å². The van der Waals surface area contributed by atoms with Crippen LogP contribution in [0.3, 0.4) is 0 Å². The van der Waals surface area contributed by atoms with E-state index in [9.17, 15) is 5.11 Å². The molecule has 0 unspecified atom stereocenters. The van der Waals surface area contributed by atoms with Gasteiger partial charge in [0.15, 0.2) is 0 Å². The van der Waals surface area contributed by atoms with Crippen LogP contribution < -0.4 is 10.5 Å². The third-order valence-corrected chi connectivity index (χ3v) is 4.17. The van der Waals surface area contributed by atoms with Crippen LogP contribution in [0.25, 0.3) is 10.1 Å². The number of benzene rings is 2. The number of aromatic hydroxyl groups is 1. The number of rotatable bonds is 4. The zero-order valence-electron chi connectivity index (χ0n) is 10.9. The summed E-state index contributed by atoms with van der Waals surface area (Å²) in [4.78, 5) is 1.17. The Kier molecular flexibility index (Phi) is 3.58. The van der Waals surface area contributed by atoms with Gasteiger partial charge in [-0.3, -0.25) is 0 Å². The van der Waals surface area contributed by atoms with Crippen LogP contribution in [0, 0.1) is 0 Å². The van der Waals surface area contributed by atoms with E-state index in [1.54, 1.807) is 35.6 Å². The minimum Gasteiger partial charge on any atom is -0.508 e. The summed E-state index contributed by atoms with van der Waals surface area (Å²) >= 11 is 1.72. The maximum atomic E-state index is 9.22. The minimum atomic E-state index is 0.244. The second-order valence-electron chi connectivity index (χ2n) is 4.57. The number of ether oxygens (including phenoxy) is 1. The average molecular weight is 285 g/mol. The molecule has 0 bridgehead atoms. The maximum Gasteiger partial charge on any atom is 0.122 e. The Balaban J connectivity index is 1.75. The number of thiophene rings is 1. The molecule has 1 heterocycles. The van der Waals surface area contributed by atoms with Crippen LogP contribution in [-0.4, -0.2) is 5.11 Å². The molecule has 0 aliphatic heterocycles. The fraction of sp³-hybridized carbons (Fsp3) is 0.125. The van der Waals surface area contributed by atoms with Crippen molar-refractivity contribution in [3.8, 4) is 11.5 Å². The van der Waals surface area contributed by atoms with E-state index in [1.807, 2.05) is 0 Å². The van der Waals surface area contributed by atoms with Crippen LogP contribution in [0.5, 0.6) is 11.5 Å². The molecule has 3 rings (SSSR count). The predicted molar refractivity (Wildman–Crippen MR) is 82.2 cm³/mol. The van der Waals surface area contributed by atoms with Crippen molar-refractivity contribution in [1.29, 1.82) is 0 Å². The first-order chi connectivity index (χ1) is 9.74. The van der Waals surface area contributed by atoms with Gasteiger partial charge < -0.3 is 15.6 Å². The lowest BCUT2D eigenvalue weighted by molar-refractivity contribution is 0.309. The molecule has 4 heteroatoms. The standard InChI is InChI=1S/C16H15NO2S/c17-9-11-1-6-16-12(7-11)8-15(20-16)10-19-14-4-2-13(18)3-5-14/h1-8,18H,9-10,17H2. The number of hydrogen-bond donors (Lipinski definition) is 2. The Labute approximate surface area is 121 Å². The number of fused-ring (bicyclic) bond motifs is 1. The first kappa shape index (κ1) is 13.0. The molecule has 3 aromatic rings. The Morgan fingerprint density at radius 2 is 1.85 bits per heavy atom. The highest BCUT2D eigenvalue weighted by Gasteiger charge is 2.04. The fourth-order valence-electron chi connectivity index (χ4n) is 2.04. The van der Waals surface area contributed by atoms with E-state index >= 15 is 0 Å². The summed E-state index contributed by atoms with van der Waals surface area (Å²) in [6, 6.07) is 15.2. The largest absolute Gasteiger partial charge is 0.508 e. The molecule has 0 atom stereocenters. The van der Waals surface area contributed by atoms with Crippen LogP contribution in [0.1, 0.15) is 10.4 Å². The molecule has 0 fully saturated rings. The lowest BCUT2D eigenvalue weighted by Gasteiger charge is -2.03. The monoisotopic (exact) mass is 285 g/mol. The van der Waals surface area contributed by atoms with Crippen LogP contribution in [0.2, 0.25) is 0 Å². The van der Waals surface area contributed by atoms with Crippen molar-refractivity contribution in [3.63, 3.8) is 0 Å². The van der Waals surface area contributed by atoms with E-state index in [0.717, 1.165) is 11.3 Å². The van der Waals surface area contributed by atoms with Crippen molar-refractivity contribution >= 4 is 21.4 Å². The third kappa shape index (κ3) is 2.76. The lowest BCUT2D eigenvalue weighted by atomic mass is 10.1. The van der Waals surface area contributed by atoms with Crippen molar-refractivity contribution in [2.45, 2.75) is 13.2 Å². The summed E-state index contributed by atoms with van der Waals surface area (Å²) in [6.07, 6.45) is 0. The van der Waals surface area contributed by atoms with E-state index in [2.05, 4.69) is 24.3 Å². The van der Waals surface area contributed by atoms with E-state index in [1.165, 1.54) is 15.0 Å². The highest BCUT2D eigenvalue weighted by Crippen LogP contribution is 2.27. The second kappa shape index (κ2) is 5.53. The first-order valence-electron chi connectivity index (χ1n) is 6.38. The maximum absolute atomic E-state index is 9.22. The molecule has 0 spiro atoms. The van der Waals surface area contributed by atoms with Crippen LogP contribution >= 0.6 is 11.3 Å². The van der Waals surface area contributed by atoms with Crippen LogP contribution in [-0.2, 0) is 13.2 Å². The van der Waals surface area contributed by atoms with Gasteiger partial charge in [0.05, 0.1) is 0 Å². The smallest absolute Gasteiger partial charge is 0.122 e. The number of nitrogens with two attached hydrogens (primary N) is 1. The summed E-state index contributed by atoms with van der Waals surface area (Å²) < 4.78 is 6.95. The molecule has 102 valence electrons.